The molecule has 1 aliphatic rings. The van der Waals surface area contributed by atoms with Crippen molar-refractivity contribution in [2.75, 3.05) is 17.2 Å². The van der Waals surface area contributed by atoms with Crippen LogP contribution in [0.4, 0.5) is 33.3 Å². The number of hydrogen-bond donors (Lipinski definition) is 1. The SMILES string of the molecule is Cc1cccc2c1CN(S(=O)(=O)C(F)(F)F)C[C@@H](c1ccc(F)cc1)N2Cc1cc(N)c(F)cn1. The van der Waals surface area contributed by atoms with Crippen molar-refractivity contribution in [3.05, 3.63) is 88.7 Å². The molecule has 35 heavy (non-hydrogen) atoms. The van der Waals surface area contributed by atoms with Gasteiger partial charge in [-0.1, -0.05) is 24.3 Å². The van der Waals surface area contributed by atoms with Crippen molar-refractivity contribution in [1.82, 2.24) is 9.29 Å². The Kier molecular flexibility index (Phi) is 6.45. The fourth-order valence-electron chi connectivity index (χ4n) is 4.12. The van der Waals surface area contributed by atoms with Crippen molar-refractivity contribution in [3.63, 3.8) is 0 Å². The van der Waals surface area contributed by atoms with Gasteiger partial charge in [-0.25, -0.2) is 17.2 Å². The lowest BCUT2D eigenvalue weighted by Crippen LogP contribution is -2.43. The number of sulfonamides is 1. The smallest absolute Gasteiger partial charge is 0.396 e. The predicted octanol–water partition coefficient (Wildman–Crippen LogP) is 4.66. The second kappa shape index (κ2) is 9.08. The van der Waals surface area contributed by atoms with E-state index in [1.54, 1.807) is 30.0 Å². The van der Waals surface area contributed by atoms with E-state index in [1.165, 1.54) is 18.2 Å². The molecule has 4 rings (SSSR count). The monoisotopic (exact) mass is 512 g/mol. The van der Waals surface area contributed by atoms with Crippen LogP contribution in [0.3, 0.4) is 0 Å². The Morgan fingerprint density at radius 3 is 2.43 bits per heavy atom. The van der Waals surface area contributed by atoms with Crippen LogP contribution < -0.4 is 10.6 Å². The molecule has 0 bridgehead atoms. The molecule has 0 saturated carbocycles. The summed E-state index contributed by atoms with van der Waals surface area (Å²) in [5.41, 5.74) is 2.15. The van der Waals surface area contributed by atoms with Crippen molar-refractivity contribution >= 4 is 21.4 Å². The third kappa shape index (κ3) is 4.80. The summed E-state index contributed by atoms with van der Waals surface area (Å²) in [6.07, 6.45) is 0.937. The molecular formula is C23H21F5N4O2S. The maximum Gasteiger partial charge on any atom is 0.511 e. The first-order chi connectivity index (χ1) is 16.4. The minimum atomic E-state index is -5.69. The van der Waals surface area contributed by atoms with Gasteiger partial charge in [0.05, 0.1) is 30.2 Å². The summed E-state index contributed by atoms with van der Waals surface area (Å²) in [5, 5.41) is 0. The molecule has 0 aliphatic carbocycles. The largest absolute Gasteiger partial charge is 0.511 e. The molecule has 0 amide bonds. The van der Waals surface area contributed by atoms with E-state index in [1.807, 2.05) is 0 Å². The van der Waals surface area contributed by atoms with Gasteiger partial charge in [-0.3, -0.25) is 4.98 Å². The topological polar surface area (TPSA) is 79.5 Å². The van der Waals surface area contributed by atoms with Gasteiger partial charge in [0.15, 0.2) is 5.82 Å². The number of aryl methyl sites for hydroxylation is 1. The number of anilines is 2. The number of nitrogen functional groups attached to an aromatic ring is 1. The number of pyridine rings is 1. The summed E-state index contributed by atoms with van der Waals surface area (Å²) >= 11 is 0. The lowest BCUT2D eigenvalue weighted by molar-refractivity contribution is -0.0492. The van der Waals surface area contributed by atoms with E-state index in [0.29, 0.717) is 32.4 Å². The maximum absolute atomic E-state index is 13.7. The second-order valence-electron chi connectivity index (χ2n) is 8.21. The molecule has 0 spiro atoms. The van der Waals surface area contributed by atoms with Crippen LogP contribution in [0.15, 0.2) is 54.7 Å². The Hall–Kier alpha value is -3.25. The van der Waals surface area contributed by atoms with Crippen LogP contribution in [-0.2, 0) is 23.1 Å². The quantitative estimate of drug-likeness (QED) is 0.515. The van der Waals surface area contributed by atoms with Crippen molar-refractivity contribution in [2.45, 2.75) is 31.6 Å². The highest BCUT2D eigenvalue weighted by Gasteiger charge is 2.51. The predicted molar refractivity (Wildman–Crippen MR) is 120 cm³/mol. The number of halogens is 5. The lowest BCUT2D eigenvalue weighted by atomic mass is 10.0. The summed E-state index contributed by atoms with van der Waals surface area (Å²) in [5.74, 6) is -1.28. The number of nitrogens with two attached hydrogens (primary N) is 1. The Labute approximate surface area is 198 Å². The van der Waals surface area contributed by atoms with Crippen LogP contribution >= 0.6 is 0 Å². The van der Waals surface area contributed by atoms with Gasteiger partial charge in [0.25, 0.3) is 0 Å². The van der Waals surface area contributed by atoms with Gasteiger partial charge in [0.2, 0.25) is 0 Å². The van der Waals surface area contributed by atoms with E-state index in [-0.39, 0.29) is 12.2 Å². The Morgan fingerprint density at radius 2 is 1.80 bits per heavy atom. The highest BCUT2D eigenvalue weighted by atomic mass is 32.2. The zero-order valence-electron chi connectivity index (χ0n) is 18.4. The number of fused-ring (bicyclic) bond motifs is 1. The first kappa shape index (κ1) is 24.9. The fraction of sp³-hybridized carbons (Fsp3) is 0.261. The molecule has 3 aromatic rings. The van der Waals surface area contributed by atoms with Crippen molar-refractivity contribution in [3.8, 4) is 0 Å². The summed E-state index contributed by atoms with van der Waals surface area (Å²) in [4.78, 5) is 5.72. The number of nitrogens with zero attached hydrogens (tertiary/aromatic N) is 3. The number of hydrogen-bond acceptors (Lipinski definition) is 5. The number of benzene rings is 2. The minimum Gasteiger partial charge on any atom is -0.396 e. The van der Waals surface area contributed by atoms with E-state index in [4.69, 9.17) is 5.73 Å². The molecule has 0 unspecified atom stereocenters. The average molecular weight is 513 g/mol. The number of alkyl halides is 3. The summed E-state index contributed by atoms with van der Waals surface area (Å²) in [6, 6.07) is 10.4. The van der Waals surface area contributed by atoms with E-state index in [9.17, 15) is 30.4 Å². The molecule has 0 radical (unpaired) electrons. The molecule has 12 heteroatoms. The van der Waals surface area contributed by atoms with Crippen LogP contribution in [0.1, 0.15) is 28.4 Å². The molecule has 1 atom stereocenters. The summed E-state index contributed by atoms with van der Waals surface area (Å²) < 4.78 is 93.5. The van der Waals surface area contributed by atoms with Gasteiger partial charge in [-0.2, -0.15) is 17.5 Å². The first-order valence-corrected chi connectivity index (χ1v) is 11.9. The molecular weight excluding hydrogens is 491 g/mol. The molecule has 0 fully saturated rings. The van der Waals surface area contributed by atoms with Crippen LogP contribution in [0.2, 0.25) is 0 Å². The summed E-state index contributed by atoms with van der Waals surface area (Å²) in [6.45, 7) is 0.555. The highest BCUT2D eigenvalue weighted by Crippen LogP contribution is 2.40. The number of aromatic nitrogens is 1. The average Bonchev–Trinajstić information content (AvgIpc) is 2.95. The molecule has 2 N–H and O–H groups in total. The normalized spacial score (nSPS) is 17.2. The van der Waals surface area contributed by atoms with Crippen LogP contribution in [0.25, 0.3) is 0 Å². The number of rotatable bonds is 4. The van der Waals surface area contributed by atoms with Crippen LogP contribution in [-0.4, -0.2) is 29.8 Å². The lowest BCUT2D eigenvalue weighted by Gasteiger charge is -2.34. The van der Waals surface area contributed by atoms with Gasteiger partial charge in [0, 0.05) is 18.8 Å². The minimum absolute atomic E-state index is 0.0249. The van der Waals surface area contributed by atoms with Gasteiger partial charge < -0.3 is 10.6 Å². The zero-order chi connectivity index (χ0) is 25.5. The maximum atomic E-state index is 13.7. The van der Waals surface area contributed by atoms with Gasteiger partial charge >= 0.3 is 15.5 Å². The van der Waals surface area contributed by atoms with E-state index in [0.717, 1.165) is 18.3 Å². The van der Waals surface area contributed by atoms with E-state index < -0.39 is 46.3 Å². The molecule has 6 nitrogen and oxygen atoms in total. The standard InChI is InChI=1S/C23H21F5N4O2S/c1-14-3-2-4-21-18(14)12-31(35(33,34)23(26,27)28)13-22(15-5-7-16(24)8-6-15)32(21)11-17-9-20(29)19(25)10-30-17/h2-10,22H,11-13H2,1H3,(H2,29,30)/t22-/m0/s1. The molecule has 2 aromatic carbocycles. The van der Waals surface area contributed by atoms with Crippen molar-refractivity contribution < 1.29 is 30.4 Å². The van der Waals surface area contributed by atoms with Crippen molar-refractivity contribution in [2.24, 2.45) is 0 Å². The van der Waals surface area contributed by atoms with Crippen LogP contribution in [0.5, 0.6) is 0 Å². The molecule has 2 heterocycles. The van der Waals surface area contributed by atoms with Crippen molar-refractivity contribution in [1.29, 1.82) is 0 Å². The Balaban J connectivity index is 1.91. The van der Waals surface area contributed by atoms with E-state index in [2.05, 4.69) is 4.98 Å². The van der Waals surface area contributed by atoms with Crippen LogP contribution in [0, 0.1) is 18.6 Å². The third-order valence-corrected chi connectivity index (χ3v) is 7.49. The molecule has 1 aliphatic heterocycles. The molecule has 1 aromatic heterocycles. The second-order valence-corrected chi connectivity index (χ2v) is 10.1. The highest BCUT2D eigenvalue weighted by molar-refractivity contribution is 7.89. The van der Waals surface area contributed by atoms with Gasteiger partial charge in [-0.05, 0) is 47.9 Å². The Morgan fingerprint density at radius 1 is 1.11 bits per heavy atom. The van der Waals surface area contributed by atoms with Gasteiger partial charge in [0.1, 0.15) is 5.82 Å². The zero-order valence-corrected chi connectivity index (χ0v) is 19.2. The first-order valence-electron chi connectivity index (χ1n) is 10.5. The van der Waals surface area contributed by atoms with E-state index >= 15 is 0 Å². The van der Waals surface area contributed by atoms with Gasteiger partial charge in [-0.15, -0.1) is 0 Å². The summed E-state index contributed by atoms with van der Waals surface area (Å²) in [7, 11) is -5.69. The molecule has 0 saturated heterocycles. The Bertz CT molecular complexity index is 1350. The fourth-order valence-corrected chi connectivity index (χ4v) is 5.05. The third-order valence-electron chi connectivity index (χ3n) is 5.94. The molecule has 186 valence electrons.